The van der Waals surface area contributed by atoms with E-state index in [4.69, 9.17) is 5.11 Å². The van der Waals surface area contributed by atoms with Crippen LogP contribution < -0.4 is 0 Å². The fourth-order valence-corrected chi connectivity index (χ4v) is 1.65. The number of carboxylic acids is 1. The zero-order chi connectivity index (χ0) is 11.3. The van der Waals surface area contributed by atoms with Gasteiger partial charge in [0.05, 0.1) is 0 Å². The first-order valence-corrected chi connectivity index (χ1v) is 5.13. The summed E-state index contributed by atoms with van der Waals surface area (Å²) in [4.78, 5) is 19.0. The highest BCUT2D eigenvalue weighted by Crippen LogP contribution is 2.38. The Morgan fingerprint density at radius 1 is 1.50 bits per heavy atom. The van der Waals surface area contributed by atoms with Gasteiger partial charge in [-0.05, 0) is 25.8 Å². The summed E-state index contributed by atoms with van der Waals surface area (Å²) >= 11 is 0. The first-order chi connectivity index (χ1) is 7.65. The Morgan fingerprint density at radius 2 is 2.25 bits per heavy atom. The Morgan fingerprint density at radius 3 is 2.88 bits per heavy atom. The van der Waals surface area contributed by atoms with E-state index in [2.05, 4.69) is 15.1 Å². The summed E-state index contributed by atoms with van der Waals surface area (Å²) in [6.45, 7) is 1.80. The Labute approximate surface area is 91.0 Å². The molecule has 0 radical (unpaired) electrons. The fourth-order valence-electron chi connectivity index (χ4n) is 1.65. The van der Waals surface area contributed by atoms with Crippen LogP contribution in [0.15, 0.2) is 6.07 Å². The van der Waals surface area contributed by atoms with Gasteiger partial charge in [0.15, 0.2) is 11.5 Å². The minimum absolute atomic E-state index is 0.0137. The number of carboxylic acid groups (broad SMARTS) is 1. The summed E-state index contributed by atoms with van der Waals surface area (Å²) in [7, 11) is 0. The lowest BCUT2D eigenvalue weighted by atomic mass is 10.3. The zero-order valence-corrected chi connectivity index (χ0v) is 8.71. The van der Waals surface area contributed by atoms with Gasteiger partial charge in [-0.25, -0.2) is 14.3 Å². The van der Waals surface area contributed by atoms with E-state index in [9.17, 15) is 4.79 Å². The van der Waals surface area contributed by atoms with Crippen molar-refractivity contribution in [2.75, 3.05) is 0 Å². The van der Waals surface area contributed by atoms with E-state index < -0.39 is 5.97 Å². The van der Waals surface area contributed by atoms with Gasteiger partial charge in [0.1, 0.15) is 0 Å². The van der Waals surface area contributed by atoms with E-state index in [1.165, 1.54) is 6.07 Å². The van der Waals surface area contributed by atoms with Crippen LogP contribution in [0.25, 0.3) is 5.78 Å². The highest BCUT2D eigenvalue weighted by Gasteiger charge is 2.28. The van der Waals surface area contributed by atoms with Crippen LogP contribution in [0.4, 0.5) is 0 Å². The predicted octanol–water partition coefficient (Wildman–Crippen LogP) is 1.01. The molecule has 1 aliphatic carbocycles. The molecule has 6 nitrogen and oxygen atoms in total. The van der Waals surface area contributed by atoms with Crippen LogP contribution >= 0.6 is 0 Å². The second kappa shape index (κ2) is 3.01. The molecule has 1 aliphatic rings. The molecule has 0 atom stereocenters. The van der Waals surface area contributed by atoms with Crippen molar-refractivity contribution >= 4 is 11.7 Å². The molecule has 82 valence electrons. The molecule has 1 saturated carbocycles. The maximum Gasteiger partial charge on any atom is 0.354 e. The van der Waals surface area contributed by atoms with Gasteiger partial charge < -0.3 is 5.11 Å². The molecule has 2 aromatic heterocycles. The third kappa shape index (κ3) is 1.34. The van der Waals surface area contributed by atoms with Gasteiger partial charge in [0.2, 0.25) is 0 Å². The van der Waals surface area contributed by atoms with E-state index in [-0.39, 0.29) is 5.69 Å². The van der Waals surface area contributed by atoms with E-state index in [0.717, 1.165) is 24.4 Å². The van der Waals surface area contributed by atoms with Crippen LogP contribution in [0.3, 0.4) is 0 Å². The zero-order valence-electron chi connectivity index (χ0n) is 8.71. The molecule has 0 aromatic carbocycles. The second-order valence-electron chi connectivity index (χ2n) is 4.04. The summed E-state index contributed by atoms with van der Waals surface area (Å²) < 4.78 is 1.60. The van der Waals surface area contributed by atoms with Gasteiger partial charge in [-0.1, -0.05) is 0 Å². The summed E-state index contributed by atoms with van der Waals surface area (Å²) in [5.41, 5.74) is 0.751. The topological polar surface area (TPSA) is 80.4 Å². The first-order valence-electron chi connectivity index (χ1n) is 5.13. The van der Waals surface area contributed by atoms with Crippen LogP contribution in [0, 0.1) is 6.92 Å². The van der Waals surface area contributed by atoms with Gasteiger partial charge in [-0.2, -0.15) is 4.98 Å². The lowest BCUT2D eigenvalue weighted by Crippen LogP contribution is -2.05. The van der Waals surface area contributed by atoms with Crippen molar-refractivity contribution in [3.63, 3.8) is 0 Å². The molecule has 2 heterocycles. The molecular weight excluding hydrogens is 208 g/mol. The quantitative estimate of drug-likeness (QED) is 0.813. The van der Waals surface area contributed by atoms with Crippen molar-refractivity contribution < 1.29 is 9.90 Å². The van der Waals surface area contributed by atoms with Crippen molar-refractivity contribution in [3.8, 4) is 0 Å². The van der Waals surface area contributed by atoms with Gasteiger partial charge in [0, 0.05) is 11.6 Å². The van der Waals surface area contributed by atoms with Crippen LogP contribution in [-0.4, -0.2) is 30.7 Å². The monoisotopic (exact) mass is 218 g/mol. The first kappa shape index (κ1) is 9.26. The number of aromatic carboxylic acids is 1. The minimum Gasteiger partial charge on any atom is -0.477 e. The molecule has 0 spiro atoms. The third-order valence-electron chi connectivity index (χ3n) is 2.67. The smallest absolute Gasteiger partial charge is 0.354 e. The molecule has 0 aliphatic heterocycles. The second-order valence-corrected chi connectivity index (χ2v) is 4.04. The SMILES string of the molecule is Cc1cc(C(=O)O)nc2nc(C3CC3)nn12. The summed E-state index contributed by atoms with van der Waals surface area (Å²) in [6, 6.07) is 1.50. The molecule has 1 fully saturated rings. The molecule has 0 unspecified atom stereocenters. The predicted molar refractivity (Wildman–Crippen MR) is 54.5 cm³/mol. The van der Waals surface area contributed by atoms with E-state index >= 15 is 0 Å². The van der Waals surface area contributed by atoms with Crippen molar-refractivity contribution in [2.45, 2.75) is 25.7 Å². The van der Waals surface area contributed by atoms with E-state index in [0.29, 0.717) is 11.7 Å². The van der Waals surface area contributed by atoms with Crippen molar-refractivity contribution in [3.05, 3.63) is 23.3 Å². The van der Waals surface area contributed by atoms with Crippen LogP contribution in [-0.2, 0) is 0 Å². The van der Waals surface area contributed by atoms with E-state index in [1.807, 2.05) is 0 Å². The van der Waals surface area contributed by atoms with Gasteiger partial charge >= 0.3 is 5.97 Å². The average molecular weight is 218 g/mol. The number of nitrogens with zero attached hydrogens (tertiary/aromatic N) is 4. The van der Waals surface area contributed by atoms with Crippen LogP contribution in [0.2, 0.25) is 0 Å². The molecule has 1 N–H and O–H groups in total. The van der Waals surface area contributed by atoms with Gasteiger partial charge in [-0.3, -0.25) is 0 Å². The Hall–Kier alpha value is -1.98. The maximum atomic E-state index is 10.8. The molecule has 3 rings (SSSR count). The summed E-state index contributed by atoms with van der Waals surface area (Å²) in [5.74, 6) is 0.549. The molecule has 2 aromatic rings. The minimum atomic E-state index is -1.04. The standard InChI is InChI=1S/C10H10N4O2/c1-5-4-7(9(15)16)11-10-12-8(6-2-3-6)13-14(5)10/h4,6H,2-3H2,1H3,(H,15,16). The van der Waals surface area contributed by atoms with E-state index in [1.54, 1.807) is 11.4 Å². The lowest BCUT2D eigenvalue weighted by molar-refractivity contribution is 0.0690. The number of hydrogen-bond donors (Lipinski definition) is 1. The van der Waals surface area contributed by atoms with Crippen molar-refractivity contribution in [2.24, 2.45) is 0 Å². The lowest BCUT2D eigenvalue weighted by Gasteiger charge is -1.98. The normalized spacial score (nSPS) is 15.6. The molecule has 16 heavy (non-hydrogen) atoms. The number of rotatable bonds is 2. The number of carbonyl (C=O) groups is 1. The van der Waals surface area contributed by atoms with Gasteiger partial charge in [0.25, 0.3) is 5.78 Å². The fraction of sp³-hybridized carbons (Fsp3) is 0.400. The highest BCUT2D eigenvalue weighted by molar-refractivity contribution is 5.85. The van der Waals surface area contributed by atoms with Crippen molar-refractivity contribution in [1.82, 2.24) is 19.6 Å². The molecule has 0 bridgehead atoms. The van der Waals surface area contributed by atoms with Gasteiger partial charge in [-0.15, -0.1) is 5.10 Å². The molecular formula is C10H10N4O2. The summed E-state index contributed by atoms with van der Waals surface area (Å²) in [5, 5.41) is 13.2. The number of hydrogen-bond acceptors (Lipinski definition) is 4. The number of aryl methyl sites for hydroxylation is 1. The molecule has 0 saturated heterocycles. The molecule has 0 amide bonds. The number of fused-ring (bicyclic) bond motifs is 1. The Bertz CT molecular complexity index is 586. The van der Waals surface area contributed by atoms with Crippen LogP contribution in [0.5, 0.6) is 0 Å². The van der Waals surface area contributed by atoms with Crippen LogP contribution in [0.1, 0.15) is 40.8 Å². The Balaban J connectivity index is 2.21. The highest BCUT2D eigenvalue weighted by atomic mass is 16.4. The third-order valence-corrected chi connectivity index (χ3v) is 2.67. The van der Waals surface area contributed by atoms with Crippen molar-refractivity contribution in [1.29, 1.82) is 0 Å². The number of aromatic nitrogens is 4. The maximum absolute atomic E-state index is 10.8. The summed E-state index contributed by atoms with van der Waals surface area (Å²) in [6.07, 6.45) is 2.23. The largest absolute Gasteiger partial charge is 0.477 e. The average Bonchev–Trinajstić information content (AvgIpc) is 2.98. The Kier molecular flexibility index (Phi) is 1.74. The molecule has 6 heteroatoms.